The van der Waals surface area contributed by atoms with Crippen molar-refractivity contribution in [2.45, 2.75) is 67.5 Å². The van der Waals surface area contributed by atoms with E-state index in [-0.39, 0.29) is 42.0 Å². The Bertz CT molecular complexity index is 633. The molecule has 146 valence electrons. The summed E-state index contributed by atoms with van der Waals surface area (Å²) in [4.78, 5) is 36.7. The number of carbonyl (C=O) groups excluding carboxylic acids is 3. The first-order chi connectivity index (χ1) is 12.2. The molecule has 1 atom stereocenters. The predicted molar refractivity (Wildman–Crippen MR) is 97.8 cm³/mol. The summed E-state index contributed by atoms with van der Waals surface area (Å²) in [6.45, 7) is 13.1. The van der Waals surface area contributed by atoms with Gasteiger partial charge in [-0.1, -0.05) is 46.8 Å². The molecule has 1 saturated heterocycles. The molecule has 0 aromatic carbocycles. The van der Waals surface area contributed by atoms with Gasteiger partial charge >= 0.3 is 0 Å². The highest BCUT2D eigenvalue weighted by Gasteiger charge is 2.35. The van der Waals surface area contributed by atoms with Gasteiger partial charge in [0.1, 0.15) is 5.69 Å². The molecule has 26 heavy (non-hydrogen) atoms. The molecular weight excluding hydrogens is 334 g/mol. The van der Waals surface area contributed by atoms with E-state index in [4.69, 9.17) is 0 Å². The van der Waals surface area contributed by atoms with E-state index >= 15 is 0 Å². The van der Waals surface area contributed by atoms with Crippen LogP contribution in [-0.2, 0) is 27.5 Å². The van der Waals surface area contributed by atoms with Crippen LogP contribution in [-0.4, -0.2) is 44.2 Å². The van der Waals surface area contributed by atoms with Gasteiger partial charge in [0.15, 0.2) is 0 Å². The molecule has 0 radical (unpaired) electrons. The lowest BCUT2D eigenvalue weighted by atomic mass is 9.97. The third-order valence-corrected chi connectivity index (χ3v) is 3.76. The van der Waals surface area contributed by atoms with E-state index in [0.29, 0.717) is 25.2 Å². The SMILES string of the molecule is CC.CC1CC(=O)N(Cc2cn(CCC(=O)NCC(C)(C)C)nn2)C1=O. The number of rotatable bonds is 6. The first-order valence-electron chi connectivity index (χ1n) is 9.15. The van der Waals surface area contributed by atoms with E-state index in [9.17, 15) is 14.4 Å². The molecule has 1 fully saturated rings. The monoisotopic (exact) mass is 365 g/mol. The minimum Gasteiger partial charge on any atom is -0.356 e. The van der Waals surface area contributed by atoms with E-state index in [1.165, 1.54) is 4.90 Å². The average Bonchev–Trinajstić information content (AvgIpc) is 3.12. The first-order valence-corrected chi connectivity index (χ1v) is 9.15. The zero-order valence-electron chi connectivity index (χ0n) is 16.7. The van der Waals surface area contributed by atoms with Crippen LogP contribution in [0.5, 0.6) is 0 Å². The van der Waals surface area contributed by atoms with Gasteiger partial charge in [0.2, 0.25) is 17.7 Å². The molecule has 1 aromatic heterocycles. The highest BCUT2D eigenvalue weighted by Crippen LogP contribution is 2.20. The Morgan fingerprint density at radius 1 is 1.31 bits per heavy atom. The number of nitrogens with zero attached hydrogens (tertiary/aromatic N) is 4. The number of likely N-dealkylation sites (tertiary alicyclic amines) is 1. The van der Waals surface area contributed by atoms with Crippen LogP contribution in [0.15, 0.2) is 6.20 Å². The van der Waals surface area contributed by atoms with Crippen LogP contribution in [0.3, 0.4) is 0 Å². The van der Waals surface area contributed by atoms with Gasteiger partial charge in [-0.15, -0.1) is 5.10 Å². The predicted octanol–water partition coefficient (Wildman–Crippen LogP) is 1.75. The number of aromatic nitrogens is 3. The zero-order chi connectivity index (χ0) is 19.9. The Balaban J connectivity index is 0.00000163. The van der Waals surface area contributed by atoms with Gasteiger partial charge in [-0.2, -0.15) is 0 Å². The van der Waals surface area contributed by atoms with Gasteiger partial charge in [0.05, 0.1) is 19.3 Å². The molecule has 0 bridgehead atoms. The smallest absolute Gasteiger partial charge is 0.232 e. The van der Waals surface area contributed by atoms with E-state index in [2.05, 4.69) is 36.4 Å². The number of aryl methyl sites for hydroxylation is 1. The number of imide groups is 1. The topological polar surface area (TPSA) is 97.2 Å². The van der Waals surface area contributed by atoms with Crippen LogP contribution in [0.4, 0.5) is 0 Å². The van der Waals surface area contributed by atoms with Gasteiger partial charge in [-0.25, -0.2) is 0 Å². The van der Waals surface area contributed by atoms with E-state index in [1.807, 2.05) is 13.8 Å². The molecule has 8 heteroatoms. The lowest BCUT2D eigenvalue weighted by Crippen LogP contribution is -2.32. The summed E-state index contributed by atoms with van der Waals surface area (Å²) in [5.41, 5.74) is 0.586. The number of nitrogens with one attached hydrogen (secondary N) is 1. The minimum absolute atomic E-state index is 0.0410. The van der Waals surface area contributed by atoms with E-state index < -0.39 is 0 Å². The van der Waals surface area contributed by atoms with E-state index in [0.717, 1.165) is 0 Å². The number of amides is 3. The molecule has 1 aromatic rings. The van der Waals surface area contributed by atoms with Crippen molar-refractivity contribution >= 4 is 17.7 Å². The molecule has 0 aliphatic carbocycles. The van der Waals surface area contributed by atoms with Crippen LogP contribution < -0.4 is 5.32 Å². The number of hydrogen-bond acceptors (Lipinski definition) is 5. The molecule has 1 unspecified atom stereocenters. The fourth-order valence-corrected chi connectivity index (χ4v) is 2.36. The lowest BCUT2D eigenvalue weighted by Gasteiger charge is -2.18. The standard InChI is InChI=1S/C16H25N5O3.C2H6/c1-11-7-14(23)21(15(11)24)9-12-8-20(19-18-12)6-5-13(22)17-10-16(2,3)4;1-2/h8,11H,5-7,9-10H2,1-4H3,(H,17,22);1-2H3. The Morgan fingerprint density at radius 2 is 1.96 bits per heavy atom. The fraction of sp³-hybridized carbons (Fsp3) is 0.722. The Labute approximate surface area is 155 Å². The van der Waals surface area contributed by atoms with E-state index in [1.54, 1.807) is 17.8 Å². The third-order valence-electron chi connectivity index (χ3n) is 3.76. The highest BCUT2D eigenvalue weighted by molar-refractivity contribution is 6.03. The quantitative estimate of drug-likeness (QED) is 0.775. The van der Waals surface area contributed by atoms with Crippen LogP contribution >= 0.6 is 0 Å². The number of hydrogen-bond donors (Lipinski definition) is 1. The van der Waals surface area contributed by atoms with Gasteiger partial charge in [0, 0.05) is 25.3 Å². The second kappa shape index (κ2) is 9.45. The molecule has 1 aliphatic rings. The summed E-state index contributed by atoms with van der Waals surface area (Å²) in [5.74, 6) is -0.653. The molecular formula is C18H31N5O3. The van der Waals surface area contributed by atoms with Crippen molar-refractivity contribution in [2.75, 3.05) is 6.54 Å². The average molecular weight is 365 g/mol. The molecule has 0 spiro atoms. The summed E-state index contributed by atoms with van der Waals surface area (Å²) in [6.07, 6.45) is 2.22. The second-order valence-corrected chi connectivity index (χ2v) is 7.48. The maximum atomic E-state index is 11.9. The highest BCUT2D eigenvalue weighted by atomic mass is 16.2. The molecule has 0 saturated carbocycles. The second-order valence-electron chi connectivity index (χ2n) is 7.48. The molecule has 1 aliphatic heterocycles. The van der Waals surface area contributed by atoms with Crippen molar-refractivity contribution < 1.29 is 14.4 Å². The van der Waals surface area contributed by atoms with Crippen molar-refractivity contribution in [3.05, 3.63) is 11.9 Å². The fourth-order valence-electron chi connectivity index (χ4n) is 2.36. The summed E-state index contributed by atoms with van der Waals surface area (Å²) in [5, 5.41) is 10.8. The van der Waals surface area contributed by atoms with Crippen molar-refractivity contribution in [3.63, 3.8) is 0 Å². The zero-order valence-corrected chi connectivity index (χ0v) is 16.7. The first kappa shape index (κ1) is 21.8. The largest absolute Gasteiger partial charge is 0.356 e. The summed E-state index contributed by atoms with van der Waals surface area (Å²) < 4.78 is 1.56. The Kier molecular flexibility index (Phi) is 7.92. The third kappa shape index (κ3) is 6.57. The van der Waals surface area contributed by atoms with Crippen LogP contribution in [0.2, 0.25) is 0 Å². The minimum atomic E-state index is -0.265. The summed E-state index contributed by atoms with van der Waals surface area (Å²) >= 11 is 0. The maximum absolute atomic E-state index is 11.9. The normalized spacial score (nSPS) is 17.2. The number of carbonyl (C=O) groups is 3. The van der Waals surface area contributed by atoms with Crippen LogP contribution in [0, 0.1) is 11.3 Å². The lowest BCUT2D eigenvalue weighted by molar-refractivity contribution is -0.140. The molecule has 2 rings (SSSR count). The Hall–Kier alpha value is -2.25. The molecule has 8 nitrogen and oxygen atoms in total. The van der Waals surface area contributed by atoms with Gasteiger partial charge in [-0.3, -0.25) is 24.0 Å². The summed E-state index contributed by atoms with van der Waals surface area (Å²) in [7, 11) is 0. The Morgan fingerprint density at radius 3 is 2.50 bits per heavy atom. The van der Waals surface area contributed by atoms with Crippen molar-refractivity contribution in [2.24, 2.45) is 11.3 Å². The molecule has 2 heterocycles. The maximum Gasteiger partial charge on any atom is 0.232 e. The van der Waals surface area contributed by atoms with Gasteiger partial charge < -0.3 is 5.32 Å². The van der Waals surface area contributed by atoms with Crippen molar-refractivity contribution in [1.29, 1.82) is 0 Å². The molecule has 3 amide bonds. The van der Waals surface area contributed by atoms with Crippen LogP contribution in [0.1, 0.15) is 60.1 Å². The molecule has 1 N–H and O–H groups in total. The van der Waals surface area contributed by atoms with Crippen molar-refractivity contribution in [3.8, 4) is 0 Å². The van der Waals surface area contributed by atoms with Crippen molar-refractivity contribution in [1.82, 2.24) is 25.2 Å². The summed E-state index contributed by atoms with van der Waals surface area (Å²) in [6, 6.07) is 0. The van der Waals surface area contributed by atoms with Gasteiger partial charge in [0.25, 0.3) is 0 Å². The van der Waals surface area contributed by atoms with Crippen LogP contribution in [0.25, 0.3) is 0 Å². The van der Waals surface area contributed by atoms with Gasteiger partial charge in [-0.05, 0) is 5.41 Å².